The Kier molecular flexibility index (Phi) is 6.37. The van der Waals surface area contributed by atoms with Gasteiger partial charge in [0, 0.05) is 47.4 Å². The van der Waals surface area contributed by atoms with Gasteiger partial charge in [-0.25, -0.2) is 0 Å². The van der Waals surface area contributed by atoms with Crippen molar-refractivity contribution in [1.29, 1.82) is 0 Å². The van der Waals surface area contributed by atoms with Gasteiger partial charge in [0.2, 0.25) is 0 Å². The molecule has 2 aromatic carbocycles. The average Bonchev–Trinajstić information content (AvgIpc) is 2.68. The maximum atomic E-state index is 12.6. The molecule has 1 aliphatic heterocycles. The minimum atomic E-state index is 0.111. The van der Waals surface area contributed by atoms with Crippen LogP contribution in [0.5, 0.6) is 11.5 Å². The number of benzene rings is 2. The van der Waals surface area contributed by atoms with E-state index in [-0.39, 0.29) is 5.91 Å². The number of rotatable bonds is 5. The summed E-state index contributed by atoms with van der Waals surface area (Å²) < 4.78 is 11.9. The first-order valence-electron chi connectivity index (χ1n) is 8.59. The van der Waals surface area contributed by atoms with Crippen LogP contribution in [0.4, 0.5) is 0 Å². The quantitative estimate of drug-likeness (QED) is 0.635. The lowest BCUT2D eigenvalue weighted by Gasteiger charge is -2.35. The molecule has 5 nitrogen and oxygen atoms in total. The van der Waals surface area contributed by atoms with Crippen molar-refractivity contribution in [3.8, 4) is 11.5 Å². The second-order valence-corrected chi connectivity index (χ2v) is 7.50. The summed E-state index contributed by atoms with van der Waals surface area (Å²) in [4.78, 5) is 16.9. The van der Waals surface area contributed by atoms with Gasteiger partial charge in [-0.15, -0.1) is 0 Å². The molecule has 1 heterocycles. The van der Waals surface area contributed by atoms with Crippen molar-refractivity contribution in [1.82, 2.24) is 9.80 Å². The summed E-state index contributed by atoms with van der Waals surface area (Å²) in [5, 5.41) is 0. The van der Waals surface area contributed by atoms with Gasteiger partial charge in [0.05, 0.1) is 14.2 Å². The molecule has 1 saturated heterocycles. The van der Waals surface area contributed by atoms with Crippen molar-refractivity contribution in [2.24, 2.45) is 0 Å². The van der Waals surface area contributed by atoms with E-state index < -0.39 is 0 Å². The normalized spacial score (nSPS) is 15.0. The van der Waals surface area contributed by atoms with Crippen LogP contribution in [0.2, 0.25) is 0 Å². The Morgan fingerprint density at radius 1 is 1.00 bits per heavy atom. The smallest absolute Gasteiger partial charge is 0.253 e. The summed E-state index contributed by atoms with van der Waals surface area (Å²) in [6.45, 7) is 3.94. The second kappa shape index (κ2) is 8.73. The fourth-order valence-corrected chi connectivity index (χ4v) is 3.49. The molecule has 2 aromatic rings. The molecule has 0 N–H and O–H groups in total. The Morgan fingerprint density at radius 3 is 2.31 bits per heavy atom. The molecule has 138 valence electrons. The Bertz CT molecular complexity index is 756. The SMILES string of the molecule is COc1ccc(OC)c(CN2CCN(C(=O)c3ccc(I)cc3)CC2)c1. The van der Waals surface area contributed by atoms with Crippen LogP contribution in [0.25, 0.3) is 0 Å². The highest BCUT2D eigenvalue weighted by atomic mass is 127. The summed E-state index contributed by atoms with van der Waals surface area (Å²) in [7, 11) is 3.35. The average molecular weight is 466 g/mol. The molecule has 0 bridgehead atoms. The third-order valence-electron chi connectivity index (χ3n) is 4.63. The monoisotopic (exact) mass is 466 g/mol. The zero-order chi connectivity index (χ0) is 18.5. The third-order valence-corrected chi connectivity index (χ3v) is 5.35. The first-order chi connectivity index (χ1) is 12.6. The number of halogens is 1. The van der Waals surface area contributed by atoms with Crippen LogP contribution in [0.15, 0.2) is 42.5 Å². The Balaban J connectivity index is 1.60. The van der Waals surface area contributed by atoms with Gasteiger partial charge in [0.15, 0.2) is 0 Å². The van der Waals surface area contributed by atoms with Gasteiger partial charge in [0.25, 0.3) is 5.91 Å². The molecule has 6 heteroatoms. The summed E-state index contributed by atoms with van der Waals surface area (Å²) in [5.74, 6) is 1.80. The molecule has 0 radical (unpaired) electrons. The summed E-state index contributed by atoms with van der Waals surface area (Å²) in [6.07, 6.45) is 0. The van der Waals surface area contributed by atoms with Crippen LogP contribution in [0.3, 0.4) is 0 Å². The number of piperazine rings is 1. The fraction of sp³-hybridized carbons (Fsp3) is 0.350. The summed E-state index contributed by atoms with van der Waals surface area (Å²) >= 11 is 2.25. The molecule has 26 heavy (non-hydrogen) atoms. The van der Waals surface area contributed by atoms with E-state index in [9.17, 15) is 4.79 Å². The fourth-order valence-electron chi connectivity index (χ4n) is 3.13. The zero-order valence-corrected chi connectivity index (χ0v) is 17.2. The maximum absolute atomic E-state index is 12.6. The van der Waals surface area contributed by atoms with E-state index in [1.165, 1.54) is 0 Å². The molecule has 0 aromatic heterocycles. The molecule has 0 spiro atoms. The molecule has 1 amide bonds. The lowest BCUT2D eigenvalue weighted by molar-refractivity contribution is 0.0627. The van der Waals surface area contributed by atoms with E-state index in [4.69, 9.17) is 9.47 Å². The van der Waals surface area contributed by atoms with Crippen LogP contribution in [-0.4, -0.2) is 56.1 Å². The second-order valence-electron chi connectivity index (χ2n) is 6.25. The van der Waals surface area contributed by atoms with Gasteiger partial charge < -0.3 is 14.4 Å². The molecule has 0 aliphatic carbocycles. The lowest BCUT2D eigenvalue weighted by Crippen LogP contribution is -2.48. The molecule has 1 fully saturated rings. The van der Waals surface area contributed by atoms with Gasteiger partial charge in [-0.1, -0.05) is 0 Å². The maximum Gasteiger partial charge on any atom is 0.253 e. The Labute approximate surface area is 168 Å². The highest BCUT2D eigenvalue weighted by molar-refractivity contribution is 14.1. The van der Waals surface area contributed by atoms with E-state index >= 15 is 0 Å². The number of hydrogen-bond donors (Lipinski definition) is 0. The Hall–Kier alpha value is -1.80. The van der Waals surface area contributed by atoms with Crippen LogP contribution in [0, 0.1) is 3.57 Å². The van der Waals surface area contributed by atoms with Crippen molar-refractivity contribution in [2.45, 2.75) is 6.54 Å². The van der Waals surface area contributed by atoms with Crippen LogP contribution < -0.4 is 9.47 Å². The van der Waals surface area contributed by atoms with Crippen molar-refractivity contribution in [3.05, 3.63) is 57.2 Å². The molecule has 3 rings (SSSR count). The zero-order valence-electron chi connectivity index (χ0n) is 15.1. The van der Waals surface area contributed by atoms with Crippen molar-refractivity contribution >= 4 is 28.5 Å². The Morgan fingerprint density at radius 2 is 1.69 bits per heavy atom. The minimum Gasteiger partial charge on any atom is -0.497 e. The van der Waals surface area contributed by atoms with Gasteiger partial charge >= 0.3 is 0 Å². The molecule has 0 atom stereocenters. The number of nitrogens with zero attached hydrogens (tertiary/aromatic N) is 2. The summed E-state index contributed by atoms with van der Waals surface area (Å²) in [5.41, 5.74) is 1.86. The minimum absolute atomic E-state index is 0.111. The molecular formula is C20H23IN2O3. The van der Waals surface area contributed by atoms with E-state index in [1.54, 1.807) is 14.2 Å². The predicted molar refractivity (Wildman–Crippen MR) is 110 cm³/mol. The van der Waals surface area contributed by atoms with Gasteiger partial charge in [0.1, 0.15) is 11.5 Å². The number of carbonyl (C=O) groups is 1. The van der Waals surface area contributed by atoms with Crippen LogP contribution in [0.1, 0.15) is 15.9 Å². The van der Waals surface area contributed by atoms with E-state index in [0.29, 0.717) is 0 Å². The number of methoxy groups -OCH3 is 2. The highest BCUT2D eigenvalue weighted by Crippen LogP contribution is 2.25. The van der Waals surface area contributed by atoms with Gasteiger partial charge in [-0.05, 0) is 65.1 Å². The lowest BCUT2D eigenvalue weighted by atomic mass is 10.1. The number of ether oxygens (including phenoxy) is 2. The topological polar surface area (TPSA) is 42.0 Å². The number of hydrogen-bond acceptors (Lipinski definition) is 4. The molecule has 0 unspecified atom stereocenters. The van der Waals surface area contributed by atoms with E-state index in [1.807, 2.05) is 47.4 Å². The highest BCUT2D eigenvalue weighted by Gasteiger charge is 2.23. The van der Waals surface area contributed by atoms with Crippen molar-refractivity contribution in [2.75, 3.05) is 40.4 Å². The predicted octanol–water partition coefficient (Wildman–Crippen LogP) is 3.27. The largest absolute Gasteiger partial charge is 0.497 e. The third kappa shape index (κ3) is 4.48. The molecule has 1 aliphatic rings. The van der Waals surface area contributed by atoms with Gasteiger partial charge in [-0.2, -0.15) is 0 Å². The van der Waals surface area contributed by atoms with E-state index in [2.05, 4.69) is 27.5 Å². The molecule has 0 saturated carbocycles. The molecular weight excluding hydrogens is 443 g/mol. The standard InChI is InChI=1S/C20H23IN2O3/c1-25-18-7-8-19(26-2)16(13-18)14-22-9-11-23(12-10-22)20(24)15-3-5-17(21)6-4-15/h3-8,13H,9-12,14H2,1-2H3. The van der Waals surface area contributed by atoms with Crippen LogP contribution in [-0.2, 0) is 6.54 Å². The first kappa shape index (κ1) is 19.0. The van der Waals surface area contributed by atoms with Gasteiger partial charge in [-0.3, -0.25) is 9.69 Å². The number of amides is 1. The van der Waals surface area contributed by atoms with E-state index in [0.717, 1.165) is 58.9 Å². The van der Waals surface area contributed by atoms with Crippen molar-refractivity contribution < 1.29 is 14.3 Å². The number of carbonyl (C=O) groups excluding carboxylic acids is 1. The van der Waals surface area contributed by atoms with Crippen molar-refractivity contribution in [3.63, 3.8) is 0 Å². The van der Waals surface area contributed by atoms with Crippen LogP contribution >= 0.6 is 22.6 Å². The first-order valence-corrected chi connectivity index (χ1v) is 9.66. The summed E-state index contributed by atoms with van der Waals surface area (Å²) in [6, 6.07) is 13.6.